The number of halogens is 1. The van der Waals surface area contributed by atoms with Crippen LogP contribution in [0, 0.1) is 17.2 Å². The molecule has 0 aliphatic heterocycles. The number of hydrogen-bond acceptors (Lipinski definition) is 8. The zero-order chi connectivity index (χ0) is 27.8. The number of anilines is 1. The standard InChI is InChI=1S/C27H34FN7O3/c1-26(2,37)17-5-7-18(8-6-17)34(15-23(28)27(3,4)38)21-10-20(31-13-19(21)25(30)36)22-14-32-24-9-16(11-29)12-33-35(22)24/h9-10,12-14,17-18,23,37-38H,5-8,15H2,1-4H3,(H2,30,36)/t17?,18?,23-/m1/s1. The average Bonchev–Trinajstić information content (AvgIpc) is 3.29. The molecule has 1 saturated carbocycles. The van der Waals surface area contributed by atoms with E-state index in [1.165, 1.54) is 30.8 Å². The Bertz CT molecular complexity index is 1360. The Kier molecular flexibility index (Phi) is 7.41. The van der Waals surface area contributed by atoms with E-state index in [1.807, 2.05) is 6.07 Å². The minimum atomic E-state index is -1.62. The van der Waals surface area contributed by atoms with E-state index >= 15 is 4.39 Å². The molecular formula is C27H34FN7O3. The summed E-state index contributed by atoms with van der Waals surface area (Å²) in [4.78, 5) is 23.0. The Labute approximate surface area is 220 Å². The van der Waals surface area contributed by atoms with Crippen LogP contribution in [0.1, 0.15) is 69.3 Å². The molecule has 1 amide bonds. The van der Waals surface area contributed by atoms with Gasteiger partial charge in [0.1, 0.15) is 17.9 Å². The van der Waals surface area contributed by atoms with Crippen molar-refractivity contribution in [3.05, 3.63) is 41.9 Å². The van der Waals surface area contributed by atoms with Crippen LogP contribution in [0.15, 0.2) is 30.7 Å². The van der Waals surface area contributed by atoms with Crippen LogP contribution < -0.4 is 10.6 Å². The van der Waals surface area contributed by atoms with Gasteiger partial charge in [-0.3, -0.25) is 9.78 Å². The molecule has 38 heavy (non-hydrogen) atoms. The molecule has 1 aliphatic rings. The molecule has 202 valence electrons. The number of amides is 1. The maximum atomic E-state index is 15.3. The van der Waals surface area contributed by atoms with Crippen LogP contribution in [0.4, 0.5) is 10.1 Å². The SMILES string of the molecule is CC(C)(O)C1CCC(N(C[C@@H](F)C(C)(C)O)c2cc(-c3cnc4cc(C#N)cnn34)ncc2C(N)=O)CC1. The number of aliphatic hydroxyl groups is 2. The quantitative estimate of drug-likeness (QED) is 0.407. The number of hydrogen-bond donors (Lipinski definition) is 3. The number of nitrogens with two attached hydrogens (primary N) is 1. The molecular weight excluding hydrogens is 489 g/mol. The topological polar surface area (TPSA) is 154 Å². The molecule has 3 aromatic heterocycles. The van der Waals surface area contributed by atoms with Crippen molar-refractivity contribution in [1.82, 2.24) is 19.6 Å². The summed E-state index contributed by atoms with van der Waals surface area (Å²) in [5, 5.41) is 34.4. The predicted molar refractivity (Wildman–Crippen MR) is 140 cm³/mol. The fourth-order valence-electron chi connectivity index (χ4n) is 5.06. The van der Waals surface area contributed by atoms with Gasteiger partial charge in [-0.25, -0.2) is 13.9 Å². The van der Waals surface area contributed by atoms with Crippen molar-refractivity contribution in [3.63, 3.8) is 0 Å². The van der Waals surface area contributed by atoms with E-state index in [4.69, 9.17) is 11.0 Å². The molecule has 0 unspecified atom stereocenters. The third-order valence-corrected chi connectivity index (χ3v) is 7.47. The van der Waals surface area contributed by atoms with Crippen molar-refractivity contribution >= 4 is 17.2 Å². The molecule has 1 fully saturated rings. The van der Waals surface area contributed by atoms with Crippen molar-refractivity contribution in [2.24, 2.45) is 11.7 Å². The monoisotopic (exact) mass is 523 g/mol. The second-order valence-electron chi connectivity index (χ2n) is 11.2. The largest absolute Gasteiger partial charge is 0.390 e. The minimum absolute atomic E-state index is 0.0993. The molecule has 11 heteroatoms. The first-order chi connectivity index (χ1) is 17.8. The van der Waals surface area contributed by atoms with Crippen LogP contribution in [0.3, 0.4) is 0 Å². The van der Waals surface area contributed by atoms with Gasteiger partial charge in [-0.05, 0) is 65.4 Å². The lowest BCUT2D eigenvalue weighted by atomic mass is 9.76. The van der Waals surface area contributed by atoms with E-state index in [0.29, 0.717) is 41.1 Å². The Hall–Kier alpha value is -3.62. The number of nitrogens with zero attached hydrogens (tertiary/aromatic N) is 6. The number of imidazole rings is 1. The Morgan fingerprint density at radius 2 is 1.87 bits per heavy atom. The number of primary amides is 1. The summed E-state index contributed by atoms with van der Waals surface area (Å²) in [6.45, 7) is 6.25. The first-order valence-electron chi connectivity index (χ1n) is 12.7. The molecule has 1 atom stereocenters. The van der Waals surface area contributed by atoms with Gasteiger partial charge < -0.3 is 20.8 Å². The van der Waals surface area contributed by atoms with Crippen molar-refractivity contribution in [2.45, 2.75) is 76.8 Å². The van der Waals surface area contributed by atoms with E-state index in [1.54, 1.807) is 37.1 Å². The van der Waals surface area contributed by atoms with E-state index in [0.717, 1.165) is 12.8 Å². The summed E-state index contributed by atoms with van der Waals surface area (Å²) in [5.74, 6) is -0.606. The maximum absolute atomic E-state index is 15.3. The van der Waals surface area contributed by atoms with Crippen molar-refractivity contribution in [1.29, 1.82) is 5.26 Å². The highest BCUT2D eigenvalue weighted by atomic mass is 19.1. The van der Waals surface area contributed by atoms with Crippen LogP contribution in [0.25, 0.3) is 17.0 Å². The fraction of sp³-hybridized carbons (Fsp3) is 0.519. The predicted octanol–water partition coefficient (Wildman–Crippen LogP) is 3.01. The summed E-state index contributed by atoms with van der Waals surface area (Å²) in [5.41, 5.74) is 5.61. The van der Waals surface area contributed by atoms with E-state index in [2.05, 4.69) is 15.1 Å². The fourth-order valence-corrected chi connectivity index (χ4v) is 5.06. The van der Waals surface area contributed by atoms with Crippen molar-refractivity contribution < 1.29 is 19.4 Å². The minimum Gasteiger partial charge on any atom is -0.390 e. The molecule has 1 aliphatic carbocycles. The first-order valence-corrected chi connectivity index (χ1v) is 12.7. The van der Waals surface area contributed by atoms with Crippen LogP contribution in [-0.2, 0) is 0 Å². The third kappa shape index (κ3) is 5.61. The summed E-state index contributed by atoms with van der Waals surface area (Å²) in [6, 6.07) is 5.14. The summed E-state index contributed by atoms with van der Waals surface area (Å²) < 4.78 is 16.9. The van der Waals surface area contributed by atoms with Crippen LogP contribution in [0.2, 0.25) is 0 Å². The lowest BCUT2D eigenvalue weighted by molar-refractivity contribution is -0.00704. The highest BCUT2D eigenvalue weighted by molar-refractivity contribution is 5.99. The van der Waals surface area contributed by atoms with Crippen LogP contribution in [-0.4, -0.2) is 65.7 Å². The number of fused-ring (bicyclic) bond motifs is 1. The highest BCUT2D eigenvalue weighted by Gasteiger charge is 2.37. The molecule has 10 nitrogen and oxygen atoms in total. The number of aromatic nitrogens is 4. The molecule has 4 N–H and O–H groups in total. The lowest BCUT2D eigenvalue weighted by Crippen LogP contribution is -2.49. The Morgan fingerprint density at radius 1 is 1.18 bits per heavy atom. The van der Waals surface area contributed by atoms with Gasteiger partial charge in [0, 0.05) is 18.3 Å². The normalized spacial score (nSPS) is 19.2. The number of alkyl halides is 1. The van der Waals surface area contributed by atoms with Crippen molar-refractivity contribution in [2.75, 3.05) is 11.4 Å². The second kappa shape index (κ2) is 10.3. The van der Waals surface area contributed by atoms with E-state index < -0.39 is 23.3 Å². The molecule has 3 heterocycles. The molecule has 0 spiro atoms. The Morgan fingerprint density at radius 3 is 2.45 bits per heavy atom. The smallest absolute Gasteiger partial charge is 0.252 e. The maximum Gasteiger partial charge on any atom is 0.252 e. The highest BCUT2D eigenvalue weighted by Crippen LogP contribution is 2.38. The summed E-state index contributed by atoms with van der Waals surface area (Å²) in [7, 11) is 0. The van der Waals surface area contributed by atoms with Crippen LogP contribution >= 0.6 is 0 Å². The second-order valence-corrected chi connectivity index (χ2v) is 11.2. The number of pyridine rings is 1. The number of carbonyl (C=O) groups is 1. The zero-order valence-electron chi connectivity index (χ0n) is 22.1. The van der Waals surface area contributed by atoms with E-state index in [9.17, 15) is 15.0 Å². The third-order valence-electron chi connectivity index (χ3n) is 7.47. The van der Waals surface area contributed by atoms with Gasteiger partial charge in [0.2, 0.25) is 0 Å². The van der Waals surface area contributed by atoms with E-state index in [-0.39, 0.29) is 24.1 Å². The summed E-state index contributed by atoms with van der Waals surface area (Å²) >= 11 is 0. The lowest BCUT2D eigenvalue weighted by Gasteiger charge is -2.43. The zero-order valence-corrected chi connectivity index (χ0v) is 22.1. The Balaban J connectivity index is 1.79. The molecule has 0 radical (unpaired) electrons. The molecule has 4 rings (SSSR count). The van der Waals surface area contributed by atoms with Gasteiger partial charge >= 0.3 is 0 Å². The average molecular weight is 524 g/mol. The summed E-state index contributed by atoms with van der Waals surface area (Å²) in [6.07, 6.45) is 5.51. The molecule has 0 aromatic carbocycles. The first kappa shape index (κ1) is 27.4. The molecule has 3 aromatic rings. The number of carbonyl (C=O) groups excluding carboxylic acids is 1. The van der Waals surface area contributed by atoms with Gasteiger partial charge in [0.05, 0.1) is 52.6 Å². The van der Waals surface area contributed by atoms with Crippen molar-refractivity contribution in [3.8, 4) is 17.5 Å². The van der Waals surface area contributed by atoms with Gasteiger partial charge in [-0.2, -0.15) is 10.4 Å². The number of nitriles is 1. The molecule has 0 saturated heterocycles. The van der Waals surface area contributed by atoms with Gasteiger partial charge in [0.15, 0.2) is 5.65 Å². The van der Waals surface area contributed by atoms with Crippen LogP contribution in [0.5, 0.6) is 0 Å². The van der Waals surface area contributed by atoms with Gasteiger partial charge in [0.25, 0.3) is 5.91 Å². The van der Waals surface area contributed by atoms with Gasteiger partial charge in [-0.15, -0.1) is 0 Å². The van der Waals surface area contributed by atoms with Gasteiger partial charge in [-0.1, -0.05) is 0 Å². The molecule has 0 bridgehead atoms. The number of rotatable bonds is 8.